The molecule has 1 aromatic rings. The van der Waals surface area contributed by atoms with Crippen molar-refractivity contribution in [3.05, 3.63) is 24.0 Å². The Morgan fingerprint density at radius 2 is 2.16 bits per heavy atom. The number of aromatic nitrogens is 1. The number of ether oxygens (including phenoxy) is 2. The van der Waals surface area contributed by atoms with Crippen molar-refractivity contribution in [3.63, 3.8) is 0 Å². The molecule has 3 rings (SSSR count). The van der Waals surface area contributed by atoms with E-state index in [0.29, 0.717) is 12.1 Å². The third-order valence-electron chi connectivity index (χ3n) is 5.05. The van der Waals surface area contributed by atoms with Crippen LogP contribution >= 0.6 is 0 Å². The number of nitrogens with two attached hydrogens (primary N) is 1. The highest BCUT2D eigenvalue weighted by molar-refractivity contribution is 5.68. The quantitative estimate of drug-likeness (QED) is 0.756. The molecule has 1 aromatic heterocycles. The molecule has 2 heterocycles. The van der Waals surface area contributed by atoms with E-state index in [0.717, 1.165) is 18.4 Å². The second kappa shape index (κ2) is 5.85. The van der Waals surface area contributed by atoms with E-state index >= 15 is 0 Å². The number of nitrogen functional groups attached to an aromatic ring is 1. The van der Waals surface area contributed by atoms with Gasteiger partial charge in [0.15, 0.2) is 0 Å². The van der Waals surface area contributed by atoms with Gasteiger partial charge in [-0.2, -0.15) is 0 Å². The number of rotatable bonds is 2. The highest BCUT2D eigenvalue weighted by Gasteiger charge is 2.65. The summed E-state index contributed by atoms with van der Waals surface area (Å²) in [5, 5.41) is 13.9. The molecule has 1 amide bonds. The molecule has 3 atom stereocenters. The van der Waals surface area contributed by atoms with Crippen LogP contribution in [0.5, 0.6) is 0 Å². The Labute approximate surface area is 147 Å². The zero-order valence-electron chi connectivity index (χ0n) is 15.2. The van der Waals surface area contributed by atoms with Gasteiger partial charge in [0.05, 0.1) is 29.6 Å². The molecule has 138 valence electrons. The average Bonchev–Trinajstić information content (AvgIpc) is 3.24. The monoisotopic (exact) mass is 349 g/mol. The fourth-order valence-corrected chi connectivity index (χ4v) is 3.49. The molecule has 7 heteroatoms. The smallest absolute Gasteiger partial charge is 0.407 e. The van der Waals surface area contributed by atoms with Gasteiger partial charge in [-0.15, -0.1) is 0 Å². The molecule has 1 aliphatic carbocycles. The Kier molecular flexibility index (Phi) is 4.20. The summed E-state index contributed by atoms with van der Waals surface area (Å²) in [5.41, 5.74) is 4.97. The van der Waals surface area contributed by atoms with E-state index in [1.54, 1.807) is 40.1 Å². The van der Waals surface area contributed by atoms with Gasteiger partial charge in [-0.05, 0) is 46.6 Å². The number of alkyl carbamates (subject to hydrolysis) is 1. The standard InChI is InChI=1S/C18H27N3O4/c1-16(2,3)25-15(22)21-14-9-13(11-5-8-20-10-12(11)19)24-18(6-7-18)17(14,4)23/h5,8,10,13-14,23H,6-7,9,19H2,1-4H3,(H,21,22). The van der Waals surface area contributed by atoms with Crippen molar-refractivity contribution >= 4 is 11.8 Å². The lowest BCUT2D eigenvalue weighted by Gasteiger charge is -2.47. The molecular weight excluding hydrogens is 322 g/mol. The number of aliphatic hydroxyl groups is 1. The molecule has 2 aliphatic rings. The van der Waals surface area contributed by atoms with Crippen LogP contribution in [-0.2, 0) is 9.47 Å². The van der Waals surface area contributed by atoms with E-state index < -0.39 is 28.9 Å². The number of carbonyl (C=O) groups is 1. The molecule has 7 nitrogen and oxygen atoms in total. The van der Waals surface area contributed by atoms with Gasteiger partial charge in [0.1, 0.15) is 11.2 Å². The highest BCUT2D eigenvalue weighted by Crippen LogP contribution is 2.57. The Morgan fingerprint density at radius 1 is 1.48 bits per heavy atom. The van der Waals surface area contributed by atoms with Crippen molar-refractivity contribution < 1.29 is 19.4 Å². The Morgan fingerprint density at radius 3 is 2.72 bits per heavy atom. The van der Waals surface area contributed by atoms with Crippen LogP contribution in [0.25, 0.3) is 0 Å². The third-order valence-corrected chi connectivity index (χ3v) is 5.05. The van der Waals surface area contributed by atoms with E-state index in [4.69, 9.17) is 15.2 Å². The molecular formula is C18H27N3O4. The predicted molar refractivity (Wildman–Crippen MR) is 92.8 cm³/mol. The van der Waals surface area contributed by atoms with Gasteiger partial charge < -0.3 is 25.6 Å². The van der Waals surface area contributed by atoms with Crippen LogP contribution in [0.1, 0.15) is 58.6 Å². The summed E-state index contributed by atoms with van der Waals surface area (Å²) in [6, 6.07) is 1.32. The zero-order valence-corrected chi connectivity index (χ0v) is 15.2. The van der Waals surface area contributed by atoms with Gasteiger partial charge in [-0.1, -0.05) is 0 Å². The molecule has 2 fully saturated rings. The van der Waals surface area contributed by atoms with Crippen LogP contribution in [-0.4, -0.2) is 39.0 Å². The molecule has 1 aliphatic heterocycles. The molecule has 0 aromatic carbocycles. The number of nitrogens with zero attached hydrogens (tertiary/aromatic N) is 1. The van der Waals surface area contributed by atoms with Crippen LogP contribution in [0.2, 0.25) is 0 Å². The predicted octanol–water partition coefficient (Wildman–Crippen LogP) is 2.30. The van der Waals surface area contributed by atoms with Gasteiger partial charge >= 0.3 is 6.09 Å². The number of hydrogen-bond donors (Lipinski definition) is 3. The van der Waals surface area contributed by atoms with E-state index in [1.807, 2.05) is 6.07 Å². The molecule has 25 heavy (non-hydrogen) atoms. The maximum Gasteiger partial charge on any atom is 0.407 e. The minimum Gasteiger partial charge on any atom is -0.444 e. The van der Waals surface area contributed by atoms with Gasteiger partial charge in [0, 0.05) is 18.2 Å². The number of nitrogens with one attached hydrogen (secondary N) is 1. The summed E-state index contributed by atoms with van der Waals surface area (Å²) in [4.78, 5) is 16.2. The fraction of sp³-hybridized carbons (Fsp3) is 0.667. The van der Waals surface area contributed by atoms with Gasteiger partial charge in [0.2, 0.25) is 0 Å². The topological polar surface area (TPSA) is 107 Å². The van der Waals surface area contributed by atoms with Crippen molar-refractivity contribution in [1.29, 1.82) is 0 Å². The average molecular weight is 349 g/mol. The first-order valence-electron chi connectivity index (χ1n) is 8.63. The summed E-state index contributed by atoms with van der Waals surface area (Å²) in [6.07, 6.45) is 4.28. The first-order chi connectivity index (χ1) is 11.5. The van der Waals surface area contributed by atoms with Crippen LogP contribution in [0.3, 0.4) is 0 Å². The number of pyridine rings is 1. The van der Waals surface area contributed by atoms with Crippen LogP contribution < -0.4 is 11.1 Å². The second-order valence-electron chi connectivity index (χ2n) is 8.19. The largest absolute Gasteiger partial charge is 0.444 e. The second-order valence-corrected chi connectivity index (χ2v) is 8.19. The van der Waals surface area contributed by atoms with E-state index in [1.165, 1.54) is 0 Å². The molecule has 4 N–H and O–H groups in total. The summed E-state index contributed by atoms with van der Waals surface area (Å²) in [7, 11) is 0. The molecule has 3 unspecified atom stereocenters. The van der Waals surface area contributed by atoms with E-state index in [-0.39, 0.29) is 6.10 Å². The van der Waals surface area contributed by atoms with Crippen molar-refractivity contribution in [1.82, 2.24) is 10.3 Å². The Hall–Kier alpha value is -1.86. The summed E-state index contributed by atoms with van der Waals surface area (Å²) >= 11 is 0. The number of hydrogen-bond acceptors (Lipinski definition) is 6. The van der Waals surface area contributed by atoms with E-state index in [9.17, 15) is 9.90 Å². The summed E-state index contributed by atoms with van der Waals surface area (Å²) in [5.74, 6) is 0. The summed E-state index contributed by atoms with van der Waals surface area (Å²) in [6.45, 7) is 7.13. The van der Waals surface area contributed by atoms with Crippen molar-refractivity contribution in [3.8, 4) is 0 Å². The van der Waals surface area contributed by atoms with Crippen LogP contribution in [0.4, 0.5) is 10.5 Å². The van der Waals surface area contributed by atoms with Crippen molar-refractivity contribution in [2.45, 2.75) is 75.9 Å². The van der Waals surface area contributed by atoms with E-state index in [2.05, 4.69) is 10.3 Å². The molecule has 0 bridgehead atoms. The Bertz CT molecular complexity index is 665. The first kappa shape index (κ1) is 17.9. The number of amides is 1. The lowest BCUT2D eigenvalue weighted by molar-refractivity contribution is -0.200. The van der Waals surface area contributed by atoms with Crippen molar-refractivity contribution in [2.75, 3.05) is 5.73 Å². The number of carbonyl (C=O) groups excluding carboxylic acids is 1. The minimum atomic E-state index is -1.18. The molecule has 1 saturated carbocycles. The lowest BCUT2D eigenvalue weighted by Crippen LogP contribution is -2.63. The first-order valence-corrected chi connectivity index (χ1v) is 8.63. The molecule has 1 saturated heterocycles. The molecule has 0 radical (unpaired) electrons. The minimum absolute atomic E-state index is 0.314. The van der Waals surface area contributed by atoms with Crippen LogP contribution in [0, 0.1) is 0 Å². The van der Waals surface area contributed by atoms with Gasteiger partial charge in [-0.3, -0.25) is 4.98 Å². The summed E-state index contributed by atoms with van der Waals surface area (Å²) < 4.78 is 11.6. The Balaban J connectivity index is 1.83. The fourth-order valence-electron chi connectivity index (χ4n) is 3.49. The van der Waals surface area contributed by atoms with Gasteiger partial charge in [-0.25, -0.2) is 4.79 Å². The number of anilines is 1. The maximum atomic E-state index is 12.2. The lowest BCUT2D eigenvalue weighted by atomic mass is 9.80. The highest BCUT2D eigenvalue weighted by atomic mass is 16.6. The SMILES string of the molecule is CC(C)(C)OC(=O)NC1CC(c2ccncc2N)OC2(CC2)C1(C)O. The maximum absolute atomic E-state index is 12.2. The third kappa shape index (κ3) is 3.43. The van der Waals surface area contributed by atoms with Crippen molar-refractivity contribution in [2.24, 2.45) is 0 Å². The van der Waals surface area contributed by atoms with Crippen LogP contribution in [0.15, 0.2) is 18.5 Å². The normalized spacial score (nSPS) is 30.8. The van der Waals surface area contributed by atoms with Gasteiger partial charge in [0.25, 0.3) is 0 Å². The molecule has 1 spiro atoms. The zero-order chi connectivity index (χ0) is 18.5.